The molecule has 0 unspecified atom stereocenters. The number of carbonyl (C=O) groups excluding carboxylic acids is 2. The quantitative estimate of drug-likeness (QED) is 0.398. The van der Waals surface area contributed by atoms with Crippen LogP contribution in [0.25, 0.3) is 11.0 Å². The summed E-state index contributed by atoms with van der Waals surface area (Å²) in [6.45, 7) is 6.70. The fourth-order valence-corrected chi connectivity index (χ4v) is 6.82. The van der Waals surface area contributed by atoms with E-state index in [0.29, 0.717) is 18.3 Å². The first kappa shape index (κ1) is 24.9. The number of anilines is 1. The second-order valence-electron chi connectivity index (χ2n) is 11.7. The van der Waals surface area contributed by atoms with Crippen molar-refractivity contribution < 1.29 is 23.3 Å². The highest BCUT2D eigenvalue weighted by Gasteiger charge is 2.68. The molecule has 10 heteroatoms. The molecule has 9 nitrogen and oxygen atoms in total. The Hall–Kier alpha value is -3.37. The first-order valence-corrected chi connectivity index (χ1v) is 13.1. The summed E-state index contributed by atoms with van der Waals surface area (Å²) in [6, 6.07) is 10.8. The van der Waals surface area contributed by atoms with Crippen molar-refractivity contribution >= 4 is 35.6 Å². The van der Waals surface area contributed by atoms with Crippen molar-refractivity contribution in [2.75, 3.05) is 5.32 Å². The highest BCUT2D eigenvalue weighted by Crippen LogP contribution is 2.65. The first-order valence-electron chi connectivity index (χ1n) is 13.1. The highest BCUT2D eigenvalue weighted by molar-refractivity contribution is 6.49. The van der Waals surface area contributed by atoms with E-state index in [2.05, 4.69) is 31.4 Å². The molecule has 2 amide bonds. The number of hydrogen-bond donors (Lipinski definition) is 2. The summed E-state index contributed by atoms with van der Waals surface area (Å²) in [5.74, 6) is -1.52. The van der Waals surface area contributed by atoms with Crippen LogP contribution in [-0.2, 0) is 32.4 Å². The van der Waals surface area contributed by atoms with Crippen molar-refractivity contribution in [1.29, 1.82) is 0 Å². The second kappa shape index (κ2) is 8.85. The standard InChI is InChI=1S/C28H32BN3O6/c1-27(2)17-13-21(27)28(3)22(14-17)37-29(38-28)23(12-16-15-36-20-10-6-5-8-18(16)20)31-25(34)24(33)30-19-9-7-11-32(4)26(19)35/h5-11,15,17,21-23H,12-14H2,1-4H3,(H,30,33)(H,31,34)/t17-,21-,22+,23-,28-/m0/s1. The van der Waals surface area contributed by atoms with E-state index in [4.69, 9.17) is 13.7 Å². The molecule has 4 fully saturated rings. The summed E-state index contributed by atoms with van der Waals surface area (Å²) in [5, 5.41) is 6.20. The smallest absolute Gasteiger partial charge is 0.464 e. The lowest BCUT2D eigenvalue weighted by atomic mass is 9.43. The van der Waals surface area contributed by atoms with Gasteiger partial charge in [0.15, 0.2) is 0 Å². The van der Waals surface area contributed by atoms with Crippen LogP contribution in [0, 0.1) is 17.3 Å². The Kier molecular flexibility index (Phi) is 5.81. The summed E-state index contributed by atoms with van der Waals surface area (Å²) < 4.78 is 20.2. The van der Waals surface area contributed by atoms with Gasteiger partial charge in [0.05, 0.1) is 23.9 Å². The van der Waals surface area contributed by atoms with Gasteiger partial charge < -0.3 is 28.9 Å². The van der Waals surface area contributed by atoms with Crippen molar-refractivity contribution in [1.82, 2.24) is 9.88 Å². The van der Waals surface area contributed by atoms with Gasteiger partial charge in [0.2, 0.25) is 0 Å². The molecular formula is C28H32BN3O6. The van der Waals surface area contributed by atoms with Crippen molar-refractivity contribution in [3.05, 3.63) is 64.8 Å². The number of carbonyl (C=O) groups is 2. The molecule has 3 saturated carbocycles. The van der Waals surface area contributed by atoms with Crippen LogP contribution in [-0.4, -0.2) is 41.1 Å². The molecular weight excluding hydrogens is 485 g/mol. The van der Waals surface area contributed by atoms with Crippen molar-refractivity contribution in [2.24, 2.45) is 24.3 Å². The Morgan fingerprint density at radius 2 is 1.92 bits per heavy atom. The first-order chi connectivity index (χ1) is 18.1. The van der Waals surface area contributed by atoms with Gasteiger partial charge in [-0.2, -0.15) is 0 Å². The summed E-state index contributed by atoms with van der Waals surface area (Å²) in [4.78, 5) is 38.3. The van der Waals surface area contributed by atoms with Gasteiger partial charge in [-0.05, 0) is 67.2 Å². The number of aryl methyl sites for hydroxylation is 1. The van der Waals surface area contributed by atoms with Crippen molar-refractivity contribution in [3.63, 3.8) is 0 Å². The molecule has 1 aliphatic heterocycles. The summed E-state index contributed by atoms with van der Waals surface area (Å²) >= 11 is 0. The van der Waals surface area contributed by atoms with E-state index in [1.54, 1.807) is 25.6 Å². The van der Waals surface area contributed by atoms with E-state index in [-0.39, 0.29) is 17.2 Å². The van der Waals surface area contributed by atoms with E-state index in [0.717, 1.165) is 29.4 Å². The van der Waals surface area contributed by atoms with Crippen LogP contribution < -0.4 is 16.2 Å². The lowest BCUT2D eigenvalue weighted by Crippen LogP contribution is -2.65. The van der Waals surface area contributed by atoms with Gasteiger partial charge in [-0.1, -0.05) is 32.0 Å². The van der Waals surface area contributed by atoms with Gasteiger partial charge in [0.1, 0.15) is 11.3 Å². The monoisotopic (exact) mass is 517 g/mol. The van der Waals surface area contributed by atoms with E-state index in [1.165, 1.54) is 10.6 Å². The normalized spacial score (nSPS) is 27.9. The molecule has 5 atom stereocenters. The Morgan fingerprint density at radius 1 is 1.13 bits per heavy atom. The molecule has 1 aromatic carbocycles. The minimum absolute atomic E-state index is 0.0291. The largest absolute Gasteiger partial charge is 0.482 e. The number of aromatic nitrogens is 1. The zero-order chi connectivity index (χ0) is 26.8. The Balaban J connectivity index is 1.26. The van der Waals surface area contributed by atoms with Crippen LogP contribution in [0.4, 0.5) is 5.69 Å². The topological polar surface area (TPSA) is 112 Å². The van der Waals surface area contributed by atoms with Crippen LogP contribution in [0.1, 0.15) is 39.2 Å². The molecule has 3 aliphatic carbocycles. The molecule has 4 aliphatic rings. The number of para-hydroxylation sites is 1. The zero-order valence-corrected chi connectivity index (χ0v) is 22.0. The van der Waals surface area contributed by atoms with E-state index in [9.17, 15) is 14.4 Å². The number of hydrogen-bond acceptors (Lipinski definition) is 6. The Labute approximate surface area is 221 Å². The highest BCUT2D eigenvalue weighted by atomic mass is 16.7. The number of amides is 2. The van der Waals surface area contributed by atoms with Gasteiger partial charge in [-0.25, -0.2) is 0 Å². The minimum Gasteiger partial charge on any atom is -0.464 e. The van der Waals surface area contributed by atoms with Crippen LogP contribution in [0.3, 0.4) is 0 Å². The van der Waals surface area contributed by atoms with Crippen molar-refractivity contribution in [3.8, 4) is 0 Å². The van der Waals surface area contributed by atoms with Gasteiger partial charge >= 0.3 is 18.9 Å². The number of rotatable bonds is 5. The summed E-state index contributed by atoms with van der Waals surface area (Å²) in [5.41, 5.74) is 0.938. The average Bonchev–Trinajstić information content (AvgIpc) is 3.46. The molecule has 38 heavy (non-hydrogen) atoms. The predicted molar refractivity (Wildman–Crippen MR) is 142 cm³/mol. The number of benzene rings is 1. The summed E-state index contributed by atoms with van der Waals surface area (Å²) in [6.07, 6.45) is 5.52. The predicted octanol–water partition coefficient (Wildman–Crippen LogP) is 3.07. The third-order valence-corrected chi connectivity index (χ3v) is 9.19. The van der Waals surface area contributed by atoms with Crippen LogP contribution in [0.2, 0.25) is 0 Å². The molecule has 1 saturated heterocycles. The van der Waals surface area contributed by atoms with Gasteiger partial charge in [-0.15, -0.1) is 0 Å². The molecule has 198 valence electrons. The maximum Gasteiger partial charge on any atom is 0.482 e. The van der Waals surface area contributed by atoms with Crippen LogP contribution >= 0.6 is 0 Å². The maximum absolute atomic E-state index is 13.1. The van der Waals surface area contributed by atoms with E-state index < -0.39 is 36.0 Å². The van der Waals surface area contributed by atoms with E-state index >= 15 is 0 Å². The van der Waals surface area contributed by atoms with Gasteiger partial charge in [0, 0.05) is 18.6 Å². The van der Waals surface area contributed by atoms with Crippen LogP contribution in [0.15, 0.2) is 58.1 Å². The van der Waals surface area contributed by atoms with Gasteiger partial charge in [-0.3, -0.25) is 14.4 Å². The van der Waals surface area contributed by atoms with Gasteiger partial charge in [0.25, 0.3) is 5.56 Å². The lowest BCUT2D eigenvalue weighted by molar-refractivity contribution is -0.199. The average molecular weight is 517 g/mol. The third-order valence-electron chi connectivity index (χ3n) is 9.19. The number of fused-ring (bicyclic) bond motifs is 1. The lowest BCUT2D eigenvalue weighted by Gasteiger charge is -2.64. The number of nitrogens with one attached hydrogen (secondary N) is 2. The molecule has 7 rings (SSSR count). The maximum atomic E-state index is 13.1. The Morgan fingerprint density at radius 3 is 2.71 bits per heavy atom. The third kappa shape index (κ3) is 3.89. The minimum atomic E-state index is -0.930. The number of nitrogens with zero attached hydrogens (tertiary/aromatic N) is 1. The van der Waals surface area contributed by atoms with Crippen LogP contribution in [0.5, 0.6) is 0 Å². The van der Waals surface area contributed by atoms with Crippen molar-refractivity contribution in [2.45, 2.75) is 57.7 Å². The molecule has 0 radical (unpaired) electrons. The SMILES string of the molecule is Cn1cccc(NC(=O)C(=O)N[C@@H](Cc2coc3ccccc23)B2O[C@@H]3C[C@@H]4C[C@@H](C4(C)C)[C@]3(C)O2)c1=O. The zero-order valence-electron chi connectivity index (χ0n) is 22.0. The molecule has 2 bridgehead atoms. The number of furan rings is 1. The summed E-state index contributed by atoms with van der Waals surface area (Å²) in [7, 11) is 0.833. The molecule has 3 heterocycles. The molecule has 0 spiro atoms. The second-order valence-corrected chi connectivity index (χ2v) is 11.7. The number of pyridine rings is 1. The molecule has 2 aromatic heterocycles. The fraction of sp³-hybridized carbons (Fsp3) is 0.464. The van der Waals surface area contributed by atoms with E-state index in [1.807, 2.05) is 24.3 Å². The molecule has 3 aromatic rings. The molecule has 2 N–H and O–H groups in total. The fourth-order valence-electron chi connectivity index (χ4n) is 6.82. The Bertz CT molecular complexity index is 1480.